The number of nitrogens with zero attached hydrogens (tertiary/aromatic N) is 4. The third kappa shape index (κ3) is 4.39. The van der Waals surface area contributed by atoms with Crippen molar-refractivity contribution in [3.63, 3.8) is 0 Å². The van der Waals surface area contributed by atoms with Crippen molar-refractivity contribution in [3.05, 3.63) is 158 Å². The van der Waals surface area contributed by atoms with Gasteiger partial charge in [-0.2, -0.15) is 0 Å². The van der Waals surface area contributed by atoms with Gasteiger partial charge in [0.15, 0.2) is 17.5 Å². The quantitative estimate of drug-likeness (QED) is 0.201. The van der Waals surface area contributed by atoms with E-state index in [-0.39, 0.29) is 0 Å². The summed E-state index contributed by atoms with van der Waals surface area (Å²) in [6.45, 7) is 0. The van der Waals surface area contributed by atoms with Crippen LogP contribution in [0.5, 0.6) is 0 Å². The van der Waals surface area contributed by atoms with Gasteiger partial charge in [0, 0.05) is 29.1 Å². The van der Waals surface area contributed by atoms with Crippen molar-refractivity contribution in [3.8, 4) is 78.7 Å². The second-order valence-electron chi connectivity index (χ2n) is 11.5. The molecule has 0 spiro atoms. The number of hydrogen-bond donors (Lipinski definition) is 0. The van der Waals surface area contributed by atoms with E-state index in [2.05, 4.69) is 108 Å². The fourth-order valence-corrected chi connectivity index (χ4v) is 6.57. The molecule has 0 radical (unpaired) electrons. The number of rotatable bonds is 5. The highest BCUT2D eigenvalue weighted by atomic mass is 15.0. The number of hydrogen-bond acceptors (Lipinski definition) is 4. The lowest BCUT2D eigenvalue weighted by molar-refractivity contribution is 1.07. The van der Waals surface area contributed by atoms with Gasteiger partial charge in [-0.25, -0.2) is 15.0 Å². The van der Waals surface area contributed by atoms with E-state index in [1.54, 1.807) is 0 Å². The Morgan fingerprint density at radius 1 is 0.283 bits per heavy atom. The molecular weight excluding hydrogens is 560 g/mol. The summed E-state index contributed by atoms with van der Waals surface area (Å²) in [6.07, 6.45) is 3.62. The van der Waals surface area contributed by atoms with Crippen molar-refractivity contribution in [1.29, 1.82) is 0 Å². The van der Waals surface area contributed by atoms with Gasteiger partial charge in [0.1, 0.15) is 0 Å². The third-order valence-electron chi connectivity index (χ3n) is 8.83. The van der Waals surface area contributed by atoms with Crippen LogP contribution < -0.4 is 0 Å². The van der Waals surface area contributed by atoms with Gasteiger partial charge in [0.05, 0.1) is 0 Å². The summed E-state index contributed by atoms with van der Waals surface area (Å²) >= 11 is 0. The summed E-state index contributed by atoms with van der Waals surface area (Å²) in [6, 6.07) is 50.9. The van der Waals surface area contributed by atoms with Crippen molar-refractivity contribution < 1.29 is 0 Å². The van der Waals surface area contributed by atoms with Gasteiger partial charge in [-0.05, 0) is 67.4 Å². The van der Waals surface area contributed by atoms with Gasteiger partial charge < -0.3 is 0 Å². The molecule has 0 saturated heterocycles. The second kappa shape index (κ2) is 10.7. The van der Waals surface area contributed by atoms with E-state index in [1.807, 2.05) is 54.9 Å². The van der Waals surface area contributed by atoms with Crippen LogP contribution in [0, 0.1) is 0 Å². The Balaban J connectivity index is 1.11. The maximum atomic E-state index is 4.98. The maximum absolute atomic E-state index is 4.98. The monoisotopic (exact) mass is 586 g/mol. The van der Waals surface area contributed by atoms with E-state index in [0.29, 0.717) is 17.5 Å². The molecule has 1 aliphatic carbocycles. The predicted molar refractivity (Wildman–Crippen MR) is 187 cm³/mol. The zero-order valence-corrected chi connectivity index (χ0v) is 24.8. The molecule has 1 aliphatic rings. The van der Waals surface area contributed by atoms with E-state index >= 15 is 0 Å². The fraction of sp³-hybridized carbons (Fsp3) is 0. The average Bonchev–Trinajstić information content (AvgIpc) is 3.47. The lowest BCUT2D eigenvalue weighted by Crippen LogP contribution is -2.00. The number of aromatic nitrogens is 4. The standard InChI is InChI=1S/C42H26N4/c1-2-7-30(8-3-1)40-44-41(31-17-13-27(14-18-31)28-23-25-43-26-24-28)46-42(45-40)32-19-15-29(16-20-32)33-21-22-38-35-10-5-4-9-34(35)37-12-6-11-36(33)39(37)38/h1-26H. The van der Waals surface area contributed by atoms with Gasteiger partial charge in [0.2, 0.25) is 0 Å². The molecule has 0 bridgehead atoms. The molecule has 0 aliphatic heterocycles. The highest BCUT2D eigenvalue weighted by Crippen LogP contribution is 2.49. The Bertz CT molecular complexity index is 2350. The SMILES string of the molecule is c1ccc(-c2nc(-c3ccc(-c4ccncc4)cc3)nc(-c3ccc(-c4ccc5c6c(cccc46)-c4ccccc4-5)cc3)n2)cc1. The van der Waals surface area contributed by atoms with Crippen molar-refractivity contribution in [2.75, 3.05) is 0 Å². The number of pyridine rings is 1. The topological polar surface area (TPSA) is 51.6 Å². The summed E-state index contributed by atoms with van der Waals surface area (Å²) in [5.74, 6) is 1.93. The van der Waals surface area contributed by atoms with Crippen LogP contribution >= 0.6 is 0 Å². The fourth-order valence-electron chi connectivity index (χ4n) is 6.57. The van der Waals surface area contributed by atoms with Crippen LogP contribution in [-0.2, 0) is 0 Å². The van der Waals surface area contributed by atoms with E-state index in [4.69, 9.17) is 15.0 Å². The van der Waals surface area contributed by atoms with Crippen molar-refractivity contribution in [2.24, 2.45) is 0 Å². The van der Waals surface area contributed by atoms with E-state index in [1.165, 1.54) is 38.6 Å². The Morgan fingerprint density at radius 2 is 0.739 bits per heavy atom. The predicted octanol–water partition coefficient (Wildman–Crippen LogP) is 10.4. The van der Waals surface area contributed by atoms with Crippen LogP contribution in [0.1, 0.15) is 0 Å². The minimum absolute atomic E-state index is 0.640. The molecule has 2 heterocycles. The maximum Gasteiger partial charge on any atom is 0.164 e. The first-order valence-electron chi connectivity index (χ1n) is 15.4. The summed E-state index contributed by atoms with van der Waals surface area (Å²) in [5, 5.41) is 2.60. The van der Waals surface area contributed by atoms with Gasteiger partial charge in [-0.15, -0.1) is 0 Å². The lowest BCUT2D eigenvalue weighted by Gasteiger charge is -2.11. The molecule has 0 fully saturated rings. The van der Waals surface area contributed by atoms with Gasteiger partial charge in [-0.3, -0.25) is 4.98 Å². The molecule has 46 heavy (non-hydrogen) atoms. The number of fused-ring (bicyclic) bond motifs is 3. The van der Waals surface area contributed by atoms with Crippen molar-refractivity contribution in [2.45, 2.75) is 0 Å². The minimum Gasteiger partial charge on any atom is -0.265 e. The molecule has 0 unspecified atom stereocenters. The second-order valence-corrected chi connectivity index (χ2v) is 11.5. The smallest absolute Gasteiger partial charge is 0.164 e. The first-order valence-corrected chi connectivity index (χ1v) is 15.4. The zero-order valence-electron chi connectivity index (χ0n) is 24.8. The normalized spacial score (nSPS) is 11.5. The lowest BCUT2D eigenvalue weighted by atomic mass is 9.94. The molecule has 4 heteroatoms. The molecule has 214 valence electrons. The Morgan fingerprint density at radius 3 is 1.37 bits per heavy atom. The Hall–Kier alpha value is -6.26. The summed E-state index contributed by atoms with van der Waals surface area (Å²) in [5.41, 5.74) is 12.7. The highest BCUT2D eigenvalue weighted by molar-refractivity contribution is 6.18. The van der Waals surface area contributed by atoms with E-state index in [9.17, 15) is 0 Å². The molecule has 6 aromatic carbocycles. The third-order valence-corrected chi connectivity index (χ3v) is 8.83. The van der Waals surface area contributed by atoms with Gasteiger partial charge >= 0.3 is 0 Å². The first kappa shape index (κ1) is 26.2. The van der Waals surface area contributed by atoms with Crippen LogP contribution in [0.2, 0.25) is 0 Å². The van der Waals surface area contributed by atoms with Crippen molar-refractivity contribution >= 4 is 10.8 Å². The van der Waals surface area contributed by atoms with E-state index in [0.717, 1.165) is 33.4 Å². The van der Waals surface area contributed by atoms with Crippen LogP contribution in [0.25, 0.3) is 89.4 Å². The molecular formula is C42H26N4. The molecule has 0 saturated carbocycles. The van der Waals surface area contributed by atoms with Crippen LogP contribution in [0.15, 0.2) is 158 Å². The Kier molecular flexibility index (Phi) is 6.10. The minimum atomic E-state index is 0.640. The summed E-state index contributed by atoms with van der Waals surface area (Å²) < 4.78 is 0. The zero-order chi connectivity index (χ0) is 30.5. The molecule has 2 aromatic heterocycles. The van der Waals surface area contributed by atoms with E-state index < -0.39 is 0 Å². The van der Waals surface area contributed by atoms with Crippen LogP contribution in [-0.4, -0.2) is 19.9 Å². The number of benzene rings is 6. The van der Waals surface area contributed by atoms with Crippen LogP contribution in [0.3, 0.4) is 0 Å². The highest BCUT2D eigenvalue weighted by Gasteiger charge is 2.22. The first-order chi connectivity index (χ1) is 22.8. The molecule has 0 amide bonds. The summed E-state index contributed by atoms with van der Waals surface area (Å²) in [7, 11) is 0. The molecule has 0 N–H and O–H groups in total. The molecule has 9 rings (SSSR count). The van der Waals surface area contributed by atoms with Gasteiger partial charge in [0.25, 0.3) is 0 Å². The largest absolute Gasteiger partial charge is 0.265 e. The van der Waals surface area contributed by atoms with Crippen LogP contribution in [0.4, 0.5) is 0 Å². The Labute approximate surface area is 266 Å². The average molecular weight is 587 g/mol. The van der Waals surface area contributed by atoms with Crippen molar-refractivity contribution in [1.82, 2.24) is 19.9 Å². The molecule has 8 aromatic rings. The molecule has 0 atom stereocenters. The van der Waals surface area contributed by atoms with Gasteiger partial charge in [-0.1, -0.05) is 133 Å². The molecule has 4 nitrogen and oxygen atoms in total. The summed E-state index contributed by atoms with van der Waals surface area (Å²) in [4.78, 5) is 19.0.